The van der Waals surface area contributed by atoms with Crippen molar-refractivity contribution in [3.05, 3.63) is 58.1 Å². The van der Waals surface area contributed by atoms with Gasteiger partial charge in [-0.05, 0) is 54.7 Å². The van der Waals surface area contributed by atoms with Crippen LogP contribution in [0, 0.1) is 16.7 Å². The molecule has 2 N–H and O–H groups in total. The smallest absolute Gasteiger partial charge is 0.254 e. The molecule has 8 nitrogen and oxygen atoms in total. The first-order valence-corrected chi connectivity index (χ1v) is 12.1. The summed E-state index contributed by atoms with van der Waals surface area (Å²) in [5.41, 5.74) is 3.07. The number of amidine groups is 1. The Morgan fingerprint density at radius 2 is 1.89 bits per heavy atom. The number of carbonyl (C=O) groups excluding carboxylic acids is 2. The van der Waals surface area contributed by atoms with Gasteiger partial charge in [-0.15, -0.1) is 17.0 Å². The van der Waals surface area contributed by atoms with Crippen LogP contribution >= 0.6 is 17.0 Å². The number of hydrogen-bond acceptors (Lipinski definition) is 6. The molecule has 1 aliphatic rings. The zero-order valence-corrected chi connectivity index (χ0v) is 23.8. The second-order valence-electron chi connectivity index (χ2n) is 9.72. The molecule has 2 aromatic carbocycles. The normalized spacial score (nSPS) is 12.3. The molecule has 0 spiro atoms. The third-order valence-corrected chi connectivity index (χ3v) is 6.04. The number of carbonyl (C=O) groups is 2. The molecule has 37 heavy (non-hydrogen) atoms. The number of benzene rings is 2. The Bertz CT molecular complexity index is 1210. The van der Waals surface area contributed by atoms with Crippen LogP contribution < -0.4 is 14.8 Å². The van der Waals surface area contributed by atoms with Crippen molar-refractivity contribution in [3.8, 4) is 17.6 Å². The maximum Gasteiger partial charge on any atom is 0.254 e. The van der Waals surface area contributed by atoms with E-state index in [9.17, 15) is 9.59 Å². The molecule has 9 heteroatoms. The minimum absolute atomic E-state index is 0. The Hall–Kier alpha value is -3.38. The fourth-order valence-electron chi connectivity index (χ4n) is 4.16. The van der Waals surface area contributed by atoms with E-state index in [1.54, 1.807) is 30.1 Å². The van der Waals surface area contributed by atoms with E-state index in [1.165, 1.54) is 0 Å². The fourth-order valence-corrected chi connectivity index (χ4v) is 4.16. The highest BCUT2D eigenvalue weighted by atomic mass is 79.9. The van der Waals surface area contributed by atoms with Gasteiger partial charge in [-0.25, -0.2) is 0 Å². The van der Waals surface area contributed by atoms with Crippen LogP contribution in [0.4, 0.5) is 0 Å². The van der Waals surface area contributed by atoms with E-state index >= 15 is 0 Å². The minimum Gasteiger partial charge on any atom is -0.493 e. The first kappa shape index (κ1) is 29.8. The minimum atomic E-state index is -0.284. The maximum atomic E-state index is 13.3. The Balaban J connectivity index is 0.00000481. The van der Waals surface area contributed by atoms with Crippen LogP contribution in [0.15, 0.2) is 30.3 Å². The summed E-state index contributed by atoms with van der Waals surface area (Å²) in [7, 11) is 1.55. The van der Waals surface area contributed by atoms with Gasteiger partial charge in [-0.1, -0.05) is 20.8 Å². The third kappa shape index (κ3) is 6.89. The predicted octanol–water partition coefficient (Wildman–Crippen LogP) is 5.03. The number of nitrogens with one attached hydrogen (secondary N) is 2. The summed E-state index contributed by atoms with van der Waals surface area (Å²) in [5, 5.41) is 20.0. The standard InChI is InChI=1S/C28H34N4O4.BrH/c1-6-35-25-14-19-16-32(26(30)20(19)15-21(25)27(34)31-5)17-23(33)18-9-10-24(36-12-8-7-11-29)22(13-18)28(2,3)4;/h9-10,13-15,30H,6-8,12,16-17H2,1-5H3,(H,31,34);1H. The summed E-state index contributed by atoms with van der Waals surface area (Å²) in [5.74, 6) is 0.999. The van der Waals surface area contributed by atoms with Crippen molar-refractivity contribution in [1.29, 1.82) is 10.7 Å². The number of ether oxygens (including phenoxy) is 2. The first-order valence-electron chi connectivity index (χ1n) is 12.1. The largest absolute Gasteiger partial charge is 0.493 e. The molecular formula is C28H35BrN4O4. The highest BCUT2D eigenvalue weighted by Crippen LogP contribution is 2.34. The average Bonchev–Trinajstić information content (AvgIpc) is 3.14. The molecule has 0 aliphatic carbocycles. The third-order valence-electron chi connectivity index (χ3n) is 6.04. The molecule has 1 heterocycles. The molecule has 0 unspecified atom stereocenters. The van der Waals surface area contributed by atoms with E-state index < -0.39 is 0 Å². The van der Waals surface area contributed by atoms with Crippen LogP contribution in [0.5, 0.6) is 11.5 Å². The molecule has 0 bridgehead atoms. The molecule has 3 rings (SSSR count). The van der Waals surface area contributed by atoms with Crippen molar-refractivity contribution in [2.24, 2.45) is 0 Å². The lowest BCUT2D eigenvalue weighted by molar-refractivity contribution is 0.0953. The van der Waals surface area contributed by atoms with Crippen LogP contribution in [0.1, 0.15) is 77.9 Å². The topological polar surface area (TPSA) is 116 Å². The summed E-state index contributed by atoms with van der Waals surface area (Å²) in [6.07, 6.45) is 1.08. The SMILES string of the molecule is Br.CCOc1cc2c(cc1C(=O)NC)C(=N)N(CC(=O)c1ccc(OCCCC#N)c(C(C)(C)C)c1)C2. The van der Waals surface area contributed by atoms with Crippen molar-refractivity contribution in [2.75, 3.05) is 26.8 Å². The second kappa shape index (κ2) is 12.7. The predicted molar refractivity (Wildman–Crippen MR) is 148 cm³/mol. The van der Waals surface area contributed by atoms with Gasteiger partial charge in [0.05, 0.1) is 31.4 Å². The van der Waals surface area contributed by atoms with Crippen LogP contribution in [-0.2, 0) is 12.0 Å². The van der Waals surface area contributed by atoms with Crippen LogP contribution in [0.2, 0.25) is 0 Å². The average molecular weight is 572 g/mol. The van der Waals surface area contributed by atoms with Gasteiger partial charge >= 0.3 is 0 Å². The number of halogens is 1. The highest BCUT2D eigenvalue weighted by Gasteiger charge is 2.30. The molecule has 0 fully saturated rings. The summed E-state index contributed by atoms with van der Waals surface area (Å²) < 4.78 is 11.6. The summed E-state index contributed by atoms with van der Waals surface area (Å²) >= 11 is 0. The molecule has 0 aromatic heterocycles. The molecule has 1 amide bonds. The summed E-state index contributed by atoms with van der Waals surface area (Å²) in [6.45, 7) is 9.31. The van der Waals surface area contributed by atoms with Gasteiger partial charge in [0, 0.05) is 36.7 Å². The number of unbranched alkanes of at least 4 members (excludes halogenated alkanes) is 1. The monoisotopic (exact) mass is 570 g/mol. The number of fused-ring (bicyclic) bond motifs is 1. The van der Waals surface area contributed by atoms with Gasteiger partial charge in [0.15, 0.2) is 5.78 Å². The number of nitriles is 1. The molecular weight excluding hydrogens is 536 g/mol. The number of amides is 1. The Kier molecular flexibility index (Phi) is 10.3. The molecule has 198 valence electrons. The van der Waals surface area contributed by atoms with E-state index in [-0.39, 0.29) is 46.5 Å². The Morgan fingerprint density at radius 3 is 2.51 bits per heavy atom. The van der Waals surface area contributed by atoms with Gasteiger partial charge < -0.3 is 19.7 Å². The zero-order chi connectivity index (χ0) is 26.5. The number of rotatable bonds is 10. The van der Waals surface area contributed by atoms with Crippen molar-refractivity contribution in [2.45, 2.75) is 52.5 Å². The van der Waals surface area contributed by atoms with Crippen molar-refractivity contribution in [1.82, 2.24) is 10.2 Å². The zero-order valence-electron chi connectivity index (χ0n) is 22.1. The lowest BCUT2D eigenvalue weighted by Crippen LogP contribution is -2.30. The molecule has 1 aliphatic heterocycles. The van der Waals surface area contributed by atoms with E-state index in [2.05, 4.69) is 32.2 Å². The van der Waals surface area contributed by atoms with Gasteiger partial charge in [-0.2, -0.15) is 5.26 Å². The number of nitrogens with zero attached hydrogens (tertiary/aromatic N) is 2. The van der Waals surface area contributed by atoms with Crippen molar-refractivity contribution >= 4 is 34.5 Å². The first-order chi connectivity index (χ1) is 17.1. The van der Waals surface area contributed by atoms with Gasteiger partial charge in [0.25, 0.3) is 5.91 Å². The maximum absolute atomic E-state index is 13.3. The van der Waals surface area contributed by atoms with Gasteiger partial charge in [0.2, 0.25) is 0 Å². The quantitative estimate of drug-likeness (QED) is 0.306. The highest BCUT2D eigenvalue weighted by molar-refractivity contribution is 8.93. The second-order valence-corrected chi connectivity index (χ2v) is 9.72. The number of Topliss-reactive ketones (excluding diaryl/α,β-unsaturated/α-hetero) is 1. The molecule has 0 saturated heterocycles. The molecule has 0 saturated carbocycles. The Labute approximate surface area is 229 Å². The van der Waals surface area contributed by atoms with Crippen LogP contribution in [-0.4, -0.2) is 49.2 Å². The number of hydrogen-bond donors (Lipinski definition) is 2. The molecule has 0 atom stereocenters. The summed E-state index contributed by atoms with van der Waals surface area (Å²) in [4.78, 5) is 27.3. The van der Waals surface area contributed by atoms with E-state index in [1.807, 2.05) is 19.1 Å². The summed E-state index contributed by atoms with van der Waals surface area (Å²) in [6, 6.07) is 11.0. The number of ketones is 1. The lowest BCUT2D eigenvalue weighted by Gasteiger charge is -2.24. The molecule has 2 aromatic rings. The van der Waals surface area contributed by atoms with E-state index in [0.29, 0.717) is 60.8 Å². The Morgan fingerprint density at radius 1 is 1.16 bits per heavy atom. The fraction of sp³-hybridized carbons (Fsp3) is 0.429. The van der Waals surface area contributed by atoms with E-state index in [0.717, 1.165) is 11.1 Å². The van der Waals surface area contributed by atoms with Gasteiger partial charge in [-0.3, -0.25) is 15.0 Å². The van der Waals surface area contributed by atoms with Crippen LogP contribution in [0.25, 0.3) is 0 Å². The lowest BCUT2D eigenvalue weighted by atomic mass is 9.85. The van der Waals surface area contributed by atoms with Crippen LogP contribution in [0.3, 0.4) is 0 Å². The molecule has 0 radical (unpaired) electrons. The van der Waals surface area contributed by atoms with Crippen molar-refractivity contribution in [3.63, 3.8) is 0 Å². The van der Waals surface area contributed by atoms with Gasteiger partial charge in [0.1, 0.15) is 17.3 Å². The van der Waals surface area contributed by atoms with Crippen molar-refractivity contribution < 1.29 is 19.1 Å². The van der Waals surface area contributed by atoms with E-state index in [4.69, 9.17) is 20.1 Å².